The van der Waals surface area contributed by atoms with Gasteiger partial charge in [-0.05, 0) is 62.1 Å². The minimum absolute atomic E-state index is 0.0374. The molecule has 0 radical (unpaired) electrons. The Hall–Kier alpha value is -2.77. The molecule has 2 aliphatic heterocycles. The monoisotopic (exact) mass is 500 g/mol. The lowest BCUT2D eigenvalue weighted by atomic mass is 9.96. The molecule has 2 aromatic carbocycles. The summed E-state index contributed by atoms with van der Waals surface area (Å²) in [4.78, 5) is 29.8. The molecule has 0 unspecified atom stereocenters. The highest BCUT2D eigenvalue weighted by Crippen LogP contribution is 2.28. The molecule has 4 rings (SSSR count). The van der Waals surface area contributed by atoms with E-state index in [-0.39, 0.29) is 38.0 Å². The number of likely N-dealkylation sites (tertiary alicyclic amines) is 1. The van der Waals surface area contributed by atoms with Gasteiger partial charge in [-0.2, -0.15) is 0 Å². The fourth-order valence-electron chi connectivity index (χ4n) is 4.51. The van der Waals surface area contributed by atoms with E-state index in [4.69, 9.17) is 25.8 Å². The zero-order valence-corrected chi connectivity index (χ0v) is 21.0. The number of nitrogens with zero attached hydrogens (tertiary/aromatic N) is 2. The van der Waals surface area contributed by atoms with Gasteiger partial charge in [0.15, 0.2) is 6.61 Å². The summed E-state index contributed by atoms with van der Waals surface area (Å²) in [5.74, 6) is 1.18. The fourth-order valence-corrected chi connectivity index (χ4v) is 4.63. The summed E-state index contributed by atoms with van der Waals surface area (Å²) in [5, 5.41) is 0.663. The molecule has 2 aromatic rings. The average molecular weight is 501 g/mol. The second kappa shape index (κ2) is 11.8. The molecule has 35 heavy (non-hydrogen) atoms. The third-order valence-electron chi connectivity index (χ3n) is 6.52. The van der Waals surface area contributed by atoms with E-state index >= 15 is 0 Å². The summed E-state index contributed by atoms with van der Waals surface area (Å²) in [6.45, 7) is 4.54. The van der Waals surface area contributed by atoms with Crippen molar-refractivity contribution in [3.05, 3.63) is 59.1 Å². The molecule has 0 bridgehead atoms. The Morgan fingerprint density at radius 3 is 2.46 bits per heavy atom. The predicted octanol–water partition coefficient (Wildman–Crippen LogP) is 4.11. The molecule has 0 spiro atoms. The highest BCUT2D eigenvalue weighted by Gasteiger charge is 2.42. The van der Waals surface area contributed by atoms with Crippen LogP contribution in [0.1, 0.15) is 31.2 Å². The number of amides is 2. The van der Waals surface area contributed by atoms with Crippen LogP contribution in [0.2, 0.25) is 5.02 Å². The first kappa shape index (κ1) is 25.3. The van der Waals surface area contributed by atoms with E-state index in [0.717, 1.165) is 37.9 Å². The van der Waals surface area contributed by atoms with E-state index in [9.17, 15) is 9.59 Å². The number of carbonyl (C=O) groups is 2. The van der Waals surface area contributed by atoms with Crippen LogP contribution in [0.25, 0.3) is 0 Å². The summed E-state index contributed by atoms with van der Waals surface area (Å²) in [5.41, 5.74) is -0.0371. The van der Waals surface area contributed by atoms with Crippen LogP contribution in [0.5, 0.6) is 11.5 Å². The first-order valence-electron chi connectivity index (χ1n) is 12.2. The third-order valence-corrected chi connectivity index (χ3v) is 6.94. The van der Waals surface area contributed by atoms with E-state index in [1.165, 1.54) is 0 Å². The van der Waals surface area contributed by atoms with Gasteiger partial charge < -0.3 is 24.0 Å². The van der Waals surface area contributed by atoms with Crippen molar-refractivity contribution in [3.63, 3.8) is 0 Å². The number of morpholine rings is 1. The number of ether oxygens (including phenoxy) is 3. The maximum absolute atomic E-state index is 13.2. The predicted molar refractivity (Wildman–Crippen MR) is 134 cm³/mol. The van der Waals surface area contributed by atoms with Gasteiger partial charge in [-0.1, -0.05) is 29.8 Å². The van der Waals surface area contributed by atoms with Gasteiger partial charge in [0.2, 0.25) is 5.91 Å². The van der Waals surface area contributed by atoms with Crippen LogP contribution in [0, 0.1) is 6.92 Å². The molecule has 0 aromatic heterocycles. The number of aryl methyl sites for hydroxylation is 1. The van der Waals surface area contributed by atoms with Gasteiger partial charge in [0.05, 0.1) is 19.6 Å². The molecule has 0 N–H and O–H groups in total. The SMILES string of the molecule is Cc1cc(OC[C@]2(CC(=O)N3CCCCC3)CN(C(=O)COc3ccccc3)CCO2)ccc1Cl. The second-order valence-electron chi connectivity index (χ2n) is 9.27. The lowest BCUT2D eigenvalue weighted by Crippen LogP contribution is -2.59. The van der Waals surface area contributed by atoms with Gasteiger partial charge in [0, 0.05) is 24.7 Å². The number of rotatable bonds is 8. The topological polar surface area (TPSA) is 68.3 Å². The van der Waals surface area contributed by atoms with E-state index < -0.39 is 5.60 Å². The molecule has 2 aliphatic rings. The van der Waals surface area contributed by atoms with Crippen molar-refractivity contribution in [1.82, 2.24) is 9.80 Å². The van der Waals surface area contributed by atoms with E-state index in [1.54, 1.807) is 17.0 Å². The summed E-state index contributed by atoms with van der Waals surface area (Å²) in [7, 11) is 0. The summed E-state index contributed by atoms with van der Waals surface area (Å²) >= 11 is 6.15. The Balaban J connectivity index is 1.46. The zero-order chi connectivity index (χ0) is 24.7. The minimum Gasteiger partial charge on any atom is -0.490 e. The van der Waals surface area contributed by atoms with Crippen molar-refractivity contribution >= 4 is 23.4 Å². The number of halogens is 1. The minimum atomic E-state index is -0.942. The van der Waals surface area contributed by atoms with Gasteiger partial charge in [-0.3, -0.25) is 9.59 Å². The maximum Gasteiger partial charge on any atom is 0.260 e. The number of hydrogen-bond donors (Lipinski definition) is 0. The molecule has 1 atom stereocenters. The largest absolute Gasteiger partial charge is 0.490 e. The number of carbonyl (C=O) groups excluding carboxylic acids is 2. The second-order valence-corrected chi connectivity index (χ2v) is 9.67. The van der Waals surface area contributed by atoms with E-state index in [1.807, 2.05) is 48.2 Å². The van der Waals surface area contributed by atoms with E-state index in [0.29, 0.717) is 29.7 Å². The Kier molecular flexibility index (Phi) is 8.52. The van der Waals surface area contributed by atoms with Crippen LogP contribution in [-0.4, -0.2) is 73.2 Å². The maximum atomic E-state index is 13.2. The normalized spacial score (nSPS) is 20.4. The van der Waals surface area contributed by atoms with E-state index in [2.05, 4.69) is 0 Å². The highest BCUT2D eigenvalue weighted by atomic mass is 35.5. The van der Waals surface area contributed by atoms with Crippen LogP contribution in [0.3, 0.4) is 0 Å². The molecule has 2 amide bonds. The molecule has 2 saturated heterocycles. The fraction of sp³-hybridized carbons (Fsp3) is 0.481. The smallest absolute Gasteiger partial charge is 0.260 e. The number of hydrogen-bond acceptors (Lipinski definition) is 5. The molecule has 2 heterocycles. The van der Waals surface area contributed by atoms with Crippen LogP contribution in [0.4, 0.5) is 0 Å². The molecule has 7 nitrogen and oxygen atoms in total. The third kappa shape index (κ3) is 6.89. The molecule has 2 fully saturated rings. The van der Waals surface area contributed by atoms with Crippen molar-refractivity contribution in [1.29, 1.82) is 0 Å². The lowest BCUT2D eigenvalue weighted by Gasteiger charge is -2.43. The van der Waals surface area contributed by atoms with Gasteiger partial charge >= 0.3 is 0 Å². The summed E-state index contributed by atoms with van der Waals surface area (Å²) < 4.78 is 18.0. The molecule has 0 aliphatic carbocycles. The van der Waals surface area contributed by atoms with Crippen molar-refractivity contribution in [3.8, 4) is 11.5 Å². The van der Waals surface area contributed by atoms with Crippen LogP contribution in [0.15, 0.2) is 48.5 Å². The number of para-hydroxylation sites is 1. The summed E-state index contributed by atoms with van der Waals surface area (Å²) in [6, 6.07) is 14.7. The van der Waals surface area contributed by atoms with Gasteiger partial charge in [-0.25, -0.2) is 0 Å². The quantitative estimate of drug-likeness (QED) is 0.545. The zero-order valence-electron chi connectivity index (χ0n) is 20.2. The molecule has 0 saturated carbocycles. The number of benzene rings is 2. The first-order chi connectivity index (χ1) is 16.9. The van der Waals surface area contributed by atoms with Crippen molar-refractivity contribution in [2.75, 3.05) is 46.0 Å². The lowest BCUT2D eigenvalue weighted by molar-refractivity contribution is -0.167. The molecule has 188 valence electrons. The van der Waals surface area contributed by atoms with Crippen LogP contribution in [-0.2, 0) is 14.3 Å². The van der Waals surface area contributed by atoms with Crippen molar-refractivity contribution in [2.24, 2.45) is 0 Å². The Morgan fingerprint density at radius 1 is 0.943 bits per heavy atom. The van der Waals surface area contributed by atoms with Gasteiger partial charge in [0.25, 0.3) is 5.91 Å². The van der Waals surface area contributed by atoms with Crippen molar-refractivity contribution < 1.29 is 23.8 Å². The highest BCUT2D eigenvalue weighted by molar-refractivity contribution is 6.31. The average Bonchev–Trinajstić information content (AvgIpc) is 2.89. The van der Waals surface area contributed by atoms with Crippen LogP contribution < -0.4 is 9.47 Å². The van der Waals surface area contributed by atoms with Gasteiger partial charge in [0.1, 0.15) is 23.7 Å². The van der Waals surface area contributed by atoms with Gasteiger partial charge in [-0.15, -0.1) is 0 Å². The standard InChI is InChI=1S/C27H33ClN2O5/c1-21-16-23(10-11-24(21)28)34-20-27(17-25(31)29-12-6-3-7-13-29)19-30(14-15-35-27)26(32)18-33-22-8-4-2-5-9-22/h2,4-5,8-11,16H,3,6-7,12-15,17-20H2,1H3/t27-/m0/s1. The molecule has 8 heteroatoms. The Labute approximate surface area is 211 Å². The Bertz CT molecular complexity index is 1010. The number of piperidine rings is 1. The van der Waals surface area contributed by atoms with Crippen LogP contribution >= 0.6 is 11.6 Å². The molecular formula is C27H33ClN2O5. The summed E-state index contributed by atoms with van der Waals surface area (Å²) in [6.07, 6.45) is 3.33. The van der Waals surface area contributed by atoms with Crippen molar-refractivity contribution in [2.45, 2.75) is 38.2 Å². The Morgan fingerprint density at radius 2 is 1.71 bits per heavy atom. The first-order valence-corrected chi connectivity index (χ1v) is 12.6. The molecular weight excluding hydrogens is 468 g/mol.